The van der Waals surface area contributed by atoms with Crippen molar-refractivity contribution in [2.75, 3.05) is 13.7 Å². The molecule has 1 aromatic heterocycles. The van der Waals surface area contributed by atoms with Crippen LogP contribution in [0.2, 0.25) is 0 Å². The molecule has 0 radical (unpaired) electrons. The SMILES string of the molecule is CN(Cc1ccccc1)C(=O)COc1cccnc1. The molecule has 1 heterocycles. The van der Waals surface area contributed by atoms with Crippen molar-refractivity contribution in [3.05, 3.63) is 60.4 Å². The monoisotopic (exact) mass is 256 g/mol. The van der Waals surface area contributed by atoms with Crippen LogP contribution in [0, 0.1) is 0 Å². The number of nitrogens with zero attached hydrogens (tertiary/aromatic N) is 2. The van der Waals surface area contributed by atoms with E-state index in [-0.39, 0.29) is 12.5 Å². The van der Waals surface area contributed by atoms with Crippen molar-refractivity contribution in [1.29, 1.82) is 0 Å². The second kappa shape index (κ2) is 6.54. The van der Waals surface area contributed by atoms with Crippen LogP contribution in [0.5, 0.6) is 5.75 Å². The molecule has 0 aliphatic rings. The molecule has 1 aromatic carbocycles. The van der Waals surface area contributed by atoms with E-state index in [4.69, 9.17) is 4.74 Å². The first kappa shape index (κ1) is 13.1. The summed E-state index contributed by atoms with van der Waals surface area (Å²) in [5.74, 6) is 0.539. The maximum absolute atomic E-state index is 11.9. The normalized spacial score (nSPS) is 9.95. The van der Waals surface area contributed by atoms with Gasteiger partial charge in [-0.2, -0.15) is 0 Å². The molecule has 0 aliphatic carbocycles. The number of ether oxygens (including phenoxy) is 1. The minimum atomic E-state index is -0.0623. The minimum Gasteiger partial charge on any atom is -0.482 e. The fourth-order valence-corrected chi connectivity index (χ4v) is 1.63. The van der Waals surface area contributed by atoms with Gasteiger partial charge in [0.25, 0.3) is 5.91 Å². The highest BCUT2D eigenvalue weighted by atomic mass is 16.5. The topological polar surface area (TPSA) is 42.4 Å². The molecule has 98 valence electrons. The zero-order chi connectivity index (χ0) is 13.5. The van der Waals surface area contributed by atoms with E-state index < -0.39 is 0 Å². The molecule has 2 aromatic rings. The molecular weight excluding hydrogens is 240 g/mol. The largest absolute Gasteiger partial charge is 0.482 e. The van der Waals surface area contributed by atoms with Gasteiger partial charge in [0.15, 0.2) is 6.61 Å². The van der Waals surface area contributed by atoms with Gasteiger partial charge in [0, 0.05) is 19.8 Å². The van der Waals surface area contributed by atoms with Crippen LogP contribution in [0.15, 0.2) is 54.9 Å². The first-order valence-electron chi connectivity index (χ1n) is 6.06. The van der Waals surface area contributed by atoms with Crippen molar-refractivity contribution in [2.24, 2.45) is 0 Å². The lowest BCUT2D eigenvalue weighted by Gasteiger charge is -2.17. The molecular formula is C15H16N2O2. The van der Waals surface area contributed by atoms with Gasteiger partial charge in [-0.15, -0.1) is 0 Å². The van der Waals surface area contributed by atoms with E-state index in [0.29, 0.717) is 12.3 Å². The number of benzene rings is 1. The van der Waals surface area contributed by atoms with Crippen molar-refractivity contribution in [3.8, 4) is 5.75 Å². The van der Waals surface area contributed by atoms with Gasteiger partial charge in [-0.3, -0.25) is 9.78 Å². The predicted octanol–water partition coefficient (Wildman–Crippen LogP) is 2.12. The number of likely N-dealkylation sites (N-methyl/N-ethyl adjacent to an activating group) is 1. The van der Waals surface area contributed by atoms with Crippen LogP contribution in [0.25, 0.3) is 0 Å². The Labute approximate surface area is 112 Å². The molecule has 0 N–H and O–H groups in total. The molecule has 0 saturated heterocycles. The predicted molar refractivity (Wildman–Crippen MR) is 72.6 cm³/mol. The molecule has 4 nitrogen and oxygen atoms in total. The second-order valence-electron chi connectivity index (χ2n) is 4.21. The second-order valence-corrected chi connectivity index (χ2v) is 4.21. The van der Waals surface area contributed by atoms with Gasteiger partial charge in [0.05, 0.1) is 6.20 Å². The third-order valence-corrected chi connectivity index (χ3v) is 2.69. The average Bonchev–Trinajstić information content (AvgIpc) is 2.47. The molecule has 0 aliphatic heterocycles. The number of carbonyl (C=O) groups is 1. The van der Waals surface area contributed by atoms with Crippen LogP contribution in [-0.2, 0) is 11.3 Å². The van der Waals surface area contributed by atoms with Crippen LogP contribution in [0.3, 0.4) is 0 Å². The Balaban J connectivity index is 1.83. The third-order valence-electron chi connectivity index (χ3n) is 2.69. The Morgan fingerprint density at radius 1 is 1.21 bits per heavy atom. The van der Waals surface area contributed by atoms with Crippen LogP contribution in [0.1, 0.15) is 5.56 Å². The van der Waals surface area contributed by atoms with Gasteiger partial charge in [-0.1, -0.05) is 30.3 Å². The van der Waals surface area contributed by atoms with Gasteiger partial charge in [-0.05, 0) is 17.7 Å². The number of pyridine rings is 1. The molecule has 19 heavy (non-hydrogen) atoms. The molecule has 0 unspecified atom stereocenters. The van der Waals surface area contributed by atoms with E-state index in [1.165, 1.54) is 0 Å². The number of amides is 1. The van der Waals surface area contributed by atoms with Crippen molar-refractivity contribution in [1.82, 2.24) is 9.88 Å². The Hall–Kier alpha value is -2.36. The van der Waals surface area contributed by atoms with Crippen molar-refractivity contribution in [2.45, 2.75) is 6.54 Å². The maximum Gasteiger partial charge on any atom is 0.260 e. The van der Waals surface area contributed by atoms with Crippen molar-refractivity contribution < 1.29 is 9.53 Å². The fraction of sp³-hybridized carbons (Fsp3) is 0.200. The summed E-state index contributed by atoms with van der Waals surface area (Å²) in [4.78, 5) is 17.5. The standard InChI is InChI=1S/C15H16N2O2/c1-17(11-13-6-3-2-4-7-13)15(18)12-19-14-8-5-9-16-10-14/h2-10H,11-12H2,1H3. The number of aromatic nitrogens is 1. The van der Waals surface area contributed by atoms with E-state index in [9.17, 15) is 4.79 Å². The summed E-state index contributed by atoms with van der Waals surface area (Å²) in [6.07, 6.45) is 3.25. The smallest absolute Gasteiger partial charge is 0.260 e. The molecule has 4 heteroatoms. The first-order chi connectivity index (χ1) is 9.25. The minimum absolute atomic E-state index is 0.0228. The van der Waals surface area contributed by atoms with E-state index in [1.807, 2.05) is 30.3 Å². The molecule has 0 atom stereocenters. The summed E-state index contributed by atoms with van der Waals surface area (Å²) in [5.41, 5.74) is 1.10. The quantitative estimate of drug-likeness (QED) is 0.823. The molecule has 0 spiro atoms. The molecule has 2 rings (SSSR count). The molecule has 1 amide bonds. The van der Waals surface area contributed by atoms with Crippen LogP contribution >= 0.6 is 0 Å². The van der Waals surface area contributed by atoms with Crippen molar-refractivity contribution >= 4 is 5.91 Å². The highest BCUT2D eigenvalue weighted by Gasteiger charge is 2.09. The Morgan fingerprint density at radius 3 is 2.68 bits per heavy atom. The maximum atomic E-state index is 11.9. The Morgan fingerprint density at radius 2 is 2.00 bits per heavy atom. The summed E-state index contributed by atoms with van der Waals surface area (Å²) in [5, 5.41) is 0. The number of hydrogen-bond donors (Lipinski definition) is 0. The summed E-state index contributed by atoms with van der Waals surface area (Å²) >= 11 is 0. The highest BCUT2D eigenvalue weighted by molar-refractivity contribution is 5.77. The number of hydrogen-bond acceptors (Lipinski definition) is 3. The van der Waals surface area contributed by atoms with Gasteiger partial charge in [-0.25, -0.2) is 0 Å². The number of carbonyl (C=O) groups excluding carboxylic acids is 1. The van der Waals surface area contributed by atoms with Crippen LogP contribution < -0.4 is 4.74 Å². The fourth-order valence-electron chi connectivity index (χ4n) is 1.63. The Bertz CT molecular complexity index is 514. The summed E-state index contributed by atoms with van der Waals surface area (Å²) in [6.45, 7) is 0.602. The summed E-state index contributed by atoms with van der Waals surface area (Å²) < 4.78 is 5.37. The lowest BCUT2D eigenvalue weighted by molar-refractivity contribution is -0.132. The molecule has 0 bridgehead atoms. The number of rotatable bonds is 5. The highest BCUT2D eigenvalue weighted by Crippen LogP contribution is 2.07. The van der Waals surface area contributed by atoms with Crippen LogP contribution in [0.4, 0.5) is 0 Å². The Kier molecular flexibility index (Phi) is 4.50. The van der Waals surface area contributed by atoms with Gasteiger partial charge in [0.1, 0.15) is 5.75 Å². The third kappa shape index (κ3) is 4.10. The van der Waals surface area contributed by atoms with E-state index >= 15 is 0 Å². The molecule has 0 fully saturated rings. The van der Waals surface area contributed by atoms with E-state index in [1.54, 1.807) is 36.5 Å². The van der Waals surface area contributed by atoms with Gasteiger partial charge >= 0.3 is 0 Å². The summed E-state index contributed by atoms with van der Waals surface area (Å²) in [6, 6.07) is 13.4. The van der Waals surface area contributed by atoms with Crippen LogP contribution in [-0.4, -0.2) is 29.4 Å². The average molecular weight is 256 g/mol. The molecule has 0 saturated carbocycles. The van der Waals surface area contributed by atoms with E-state index in [2.05, 4.69) is 4.98 Å². The zero-order valence-electron chi connectivity index (χ0n) is 10.8. The zero-order valence-corrected chi connectivity index (χ0v) is 10.8. The lowest BCUT2D eigenvalue weighted by Crippen LogP contribution is -2.30. The van der Waals surface area contributed by atoms with Crippen molar-refractivity contribution in [3.63, 3.8) is 0 Å². The summed E-state index contributed by atoms with van der Waals surface area (Å²) in [7, 11) is 1.77. The van der Waals surface area contributed by atoms with Gasteiger partial charge < -0.3 is 9.64 Å². The van der Waals surface area contributed by atoms with Gasteiger partial charge in [0.2, 0.25) is 0 Å². The van der Waals surface area contributed by atoms with E-state index in [0.717, 1.165) is 5.56 Å². The lowest BCUT2D eigenvalue weighted by atomic mass is 10.2. The first-order valence-corrected chi connectivity index (χ1v) is 6.06.